The van der Waals surface area contributed by atoms with Crippen molar-refractivity contribution in [2.24, 2.45) is 17.6 Å². The zero-order valence-corrected chi connectivity index (χ0v) is 24.9. The summed E-state index contributed by atoms with van der Waals surface area (Å²) in [6, 6.07) is 20.1. The van der Waals surface area contributed by atoms with Crippen LogP contribution in [0, 0.1) is 11.8 Å². The number of rotatable bonds is 7. The maximum atomic E-state index is 14.0. The van der Waals surface area contributed by atoms with Gasteiger partial charge in [0.1, 0.15) is 22.8 Å². The van der Waals surface area contributed by atoms with E-state index in [0.29, 0.717) is 12.1 Å². The molecule has 3 aliphatic rings. The normalized spacial score (nSPS) is 24.4. The lowest BCUT2D eigenvalue weighted by molar-refractivity contribution is -0.148. The predicted molar refractivity (Wildman–Crippen MR) is 166 cm³/mol. The summed E-state index contributed by atoms with van der Waals surface area (Å²) in [5.74, 6) is -6.69. The quantitative estimate of drug-likeness (QED) is 0.220. The number of amides is 1. The molecule has 3 aromatic rings. The molecule has 0 fully saturated rings. The van der Waals surface area contributed by atoms with Crippen LogP contribution in [0.2, 0.25) is 0 Å². The summed E-state index contributed by atoms with van der Waals surface area (Å²) in [6.45, 7) is 1.39. The van der Waals surface area contributed by atoms with Crippen LogP contribution in [0.4, 0.5) is 0 Å². The maximum Gasteiger partial charge on any atom is 0.255 e. The number of allylic oxidation sites excluding steroid dienone is 1. The predicted octanol–water partition coefficient (Wildman–Crippen LogP) is 3.08. The van der Waals surface area contributed by atoms with Gasteiger partial charge in [-0.05, 0) is 66.7 Å². The highest BCUT2D eigenvalue weighted by molar-refractivity contribution is 6.24. The summed E-state index contributed by atoms with van der Waals surface area (Å²) in [4.78, 5) is 41.2. The van der Waals surface area contributed by atoms with Crippen LogP contribution >= 0.6 is 0 Å². The first-order valence-corrected chi connectivity index (χ1v) is 14.8. The fourth-order valence-corrected chi connectivity index (χ4v) is 7.27. The number of ketones is 2. The Morgan fingerprint density at radius 2 is 1.60 bits per heavy atom. The Kier molecular flexibility index (Phi) is 7.60. The van der Waals surface area contributed by atoms with Crippen LogP contribution in [0.25, 0.3) is 11.1 Å². The number of benzene rings is 3. The number of phenolic OH excluding ortho intramolecular Hbond substituents is 1. The number of primary amides is 1. The Morgan fingerprint density at radius 1 is 0.956 bits per heavy atom. The van der Waals surface area contributed by atoms with Gasteiger partial charge in [0.25, 0.3) is 5.91 Å². The Labute approximate surface area is 260 Å². The fourth-order valence-electron chi connectivity index (χ4n) is 7.27. The third kappa shape index (κ3) is 4.82. The molecule has 0 saturated heterocycles. The van der Waals surface area contributed by atoms with E-state index in [1.54, 1.807) is 20.2 Å². The van der Waals surface area contributed by atoms with Gasteiger partial charge in [-0.2, -0.15) is 0 Å². The minimum absolute atomic E-state index is 0.0121. The van der Waals surface area contributed by atoms with E-state index >= 15 is 0 Å². The van der Waals surface area contributed by atoms with Crippen molar-refractivity contribution >= 4 is 17.5 Å². The average Bonchev–Trinajstić information content (AvgIpc) is 3.00. The summed E-state index contributed by atoms with van der Waals surface area (Å²) in [5, 5.41) is 48.5. The molecule has 3 aliphatic carbocycles. The number of Topliss-reactive ketones (excluding diaryl/α,β-unsaturated/α-hetero) is 2. The van der Waals surface area contributed by atoms with Crippen LogP contribution in [0.3, 0.4) is 0 Å². The summed E-state index contributed by atoms with van der Waals surface area (Å²) >= 11 is 0. The molecule has 0 saturated carbocycles. The number of nitrogens with two attached hydrogens (primary N) is 1. The lowest BCUT2D eigenvalue weighted by Gasteiger charge is -2.50. The molecule has 6 rings (SSSR count). The van der Waals surface area contributed by atoms with Crippen molar-refractivity contribution in [2.75, 3.05) is 14.1 Å². The third-order valence-corrected chi connectivity index (χ3v) is 9.37. The highest BCUT2D eigenvalue weighted by Crippen LogP contribution is 2.53. The van der Waals surface area contributed by atoms with Gasteiger partial charge in [0.2, 0.25) is 5.78 Å². The molecular weight excluding hydrogens is 574 g/mol. The second kappa shape index (κ2) is 11.3. The van der Waals surface area contributed by atoms with Crippen molar-refractivity contribution in [1.29, 1.82) is 0 Å². The topological polar surface area (TPSA) is 173 Å². The standard InChI is InChI=1S/C35H35N3O7/c1-38(2)29-24-15-21-14-23-22(20-10-8-19(9-11-20)17-37-16-18-6-4-3-5-7-18)12-13-25(39)27(23)30(40)26(21)32(42)35(24,45)33(43)28(31(29)41)34(36)44/h3-13,21,24,29,37,39,41-42,45H,14-17H2,1-2H3,(H2,36,44). The number of fused-ring (bicyclic) bond motifs is 3. The number of hydrogen-bond acceptors (Lipinski definition) is 9. The van der Waals surface area contributed by atoms with Crippen molar-refractivity contribution in [1.82, 2.24) is 10.2 Å². The number of aromatic hydroxyl groups is 1. The second-order valence-corrected chi connectivity index (χ2v) is 12.2. The minimum Gasteiger partial charge on any atom is -0.510 e. The van der Waals surface area contributed by atoms with E-state index in [-0.39, 0.29) is 29.7 Å². The highest BCUT2D eigenvalue weighted by Gasteiger charge is 2.63. The smallest absolute Gasteiger partial charge is 0.255 e. The van der Waals surface area contributed by atoms with Crippen molar-refractivity contribution in [3.05, 3.63) is 112 Å². The fraction of sp³-hybridized carbons (Fsp3) is 0.286. The van der Waals surface area contributed by atoms with Gasteiger partial charge in [0, 0.05) is 24.6 Å². The molecule has 0 aromatic heterocycles. The van der Waals surface area contributed by atoms with Crippen LogP contribution in [-0.4, -0.2) is 68.5 Å². The molecule has 7 N–H and O–H groups in total. The molecule has 1 amide bonds. The van der Waals surface area contributed by atoms with Gasteiger partial charge in [0.15, 0.2) is 11.4 Å². The lowest BCUT2D eigenvalue weighted by Crippen LogP contribution is -2.63. The number of likely N-dealkylation sites (N-methyl/N-ethyl adjacent to an activating group) is 1. The first kappa shape index (κ1) is 30.3. The average molecular weight is 610 g/mol. The van der Waals surface area contributed by atoms with Gasteiger partial charge >= 0.3 is 0 Å². The molecule has 10 heteroatoms. The molecule has 0 spiro atoms. The van der Waals surface area contributed by atoms with Gasteiger partial charge < -0.3 is 31.5 Å². The maximum absolute atomic E-state index is 14.0. The number of nitrogens with zero attached hydrogens (tertiary/aromatic N) is 1. The second-order valence-electron chi connectivity index (χ2n) is 12.2. The molecule has 4 atom stereocenters. The molecule has 0 heterocycles. The number of nitrogens with one attached hydrogen (secondary N) is 1. The third-order valence-electron chi connectivity index (χ3n) is 9.37. The zero-order chi connectivity index (χ0) is 32.2. The number of phenols is 1. The zero-order valence-electron chi connectivity index (χ0n) is 24.9. The first-order chi connectivity index (χ1) is 21.4. The number of hydrogen-bond donors (Lipinski definition) is 6. The Balaban J connectivity index is 1.36. The molecule has 3 aromatic carbocycles. The minimum atomic E-state index is -2.66. The SMILES string of the molecule is CN(C)C1C(O)=C(C(N)=O)C(=O)C2(O)C(O)=C3C(=O)c4c(O)ccc(-c5ccc(CNCc6ccccc6)cc5)c4CC3CC12. The molecule has 0 bridgehead atoms. The Hall–Kier alpha value is -4.77. The van der Waals surface area contributed by atoms with Crippen molar-refractivity contribution in [2.45, 2.75) is 37.6 Å². The van der Waals surface area contributed by atoms with Crippen molar-refractivity contribution in [3.8, 4) is 16.9 Å². The van der Waals surface area contributed by atoms with E-state index in [1.165, 1.54) is 16.5 Å². The van der Waals surface area contributed by atoms with E-state index in [4.69, 9.17) is 5.73 Å². The van der Waals surface area contributed by atoms with Gasteiger partial charge in [-0.15, -0.1) is 0 Å². The van der Waals surface area contributed by atoms with Crippen LogP contribution in [0.1, 0.15) is 33.5 Å². The molecular formula is C35H35N3O7. The van der Waals surface area contributed by atoms with E-state index in [1.807, 2.05) is 42.5 Å². The van der Waals surface area contributed by atoms with E-state index in [0.717, 1.165) is 23.2 Å². The summed E-state index contributed by atoms with van der Waals surface area (Å²) in [6.07, 6.45) is 0.255. The lowest BCUT2D eigenvalue weighted by atomic mass is 9.58. The Bertz CT molecular complexity index is 1780. The van der Waals surface area contributed by atoms with Crippen molar-refractivity contribution in [3.63, 3.8) is 0 Å². The van der Waals surface area contributed by atoms with Gasteiger partial charge in [0.05, 0.1) is 11.6 Å². The molecule has 4 unspecified atom stereocenters. The monoisotopic (exact) mass is 609 g/mol. The molecule has 0 aliphatic heterocycles. The molecule has 10 nitrogen and oxygen atoms in total. The summed E-state index contributed by atoms with van der Waals surface area (Å²) < 4.78 is 0. The number of carbonyl (C=O) groups is 3. The number of aliphatic hydroxyl groups excluding tert-OH is 2. The van der Waals surface area contributed by atoms with E-state index < -0.39 is 58.0 Å². The van der Waals surface area contributed by atoms with Crippen LogP contribution in [0.5, 0.6) is 5.75 Å². The van der Waals surface area contributed by atoms with Crippen LogP contribution < -0.4 is 11.1 Å². The van der Waals surface area contributed by atoms with E-state index in [2.05, 4.69) is 17.4 Å². The molecule has 232 valence electrons. The number of aliphatic hydroxyl groups is 3. The molecule has 45 heavy (non-hydrogen) atoms. The van der Waals surface area contributed by atoms with Gasteiger partial charge in [-0.25, -0.2) is 0 Å². The van der Waals surface area contributed by atoms with E-state index in [9.17, 15) is 34.8 Å². The number of carbonyl (C=O) groups excluding carboxylic acids is 3. The molecule has 0 radical (unpaired) electrons. The largest absolute Gasteiger partial charge is 0.510 e. The van der Waals surface area contributed by atoms with Crippen LogP contribution in [0.15, 0.2) is 89.4 Å². The summed E-state index contributed by atoms with van der Waals surface area (Å²) in [5.41, 5.74) is 6.13. The summed E-state index contributed by atoms with van der Waals surface area (Å²) in [7, 11) is 3.20. The van der Waals surface area contributed by atoms with Gasteiger partial charge in [-0.1, -0.05) is 60.7 Å². The highest BCUT2D eigenvalue weighted by atomic mass is 16.3. The Morgan fingerprint density at radius 3 is 2.22 bits per heavy atom. The van der Waals surface area contributed by atoms with Crippen LogP contribution in [-0.2, 0) is 29.1 Å². The van der Waals surface area contributed by atoms with Gasteiger partial charge in [-0.3, -0.25) is 19.3 Å². The first-order valence-electron chi connectivity index (χ1n) is 14.8. The van der Waals surface area contributed by atoms with Crippen molar-refractivity contribution < 1.29 is 34.8 Å².